The molecule has 1 N–H and O–H groups in total. The van der Waals surface area contributed by atoms with Crippen LogP contribution >= 0.6 is 11.6 Å². The Bertz CT molecular complexity index is 944. The zero-order valence-corrected chi connectivity index (χ0v) is 18.3. The van der Waals surface area contributed by atoms with Crippen LogP contribution in [0.1, 0.15) is 46.0 Å². The minimum Gasteiger partial charge on any atom is -0.292 e. The Kier molecular flexibility index (Phi) is 5.20. The molecule has 4 fully saturated rings. The standard InChI is InChI=1S/C22H27ClFNO3S/c1-12(20-15-7-13-6-14(9-15)10-16(20)8-13)21(26)22(2,3)25-29(27,28)19-5-4-17(24)11-18(19)23/h4-5,11,13-16,20,25H,1,6-10H2,2-3H3. The molecule has 0 atom stereocenters. The van der Waals surface area contributed by atoms with Gasteiger partial charge in [0.25, 0.3) is 0 Å². The van der Waals surface area contributed by atoms with E-state index in [2.05, 4.69) is 11.3 Å². The molecule has 0 spiro atoms. The number of ketones is 1. The second-order valence-corrected chi connectivity index (χ2v) is 11.7. The number of Topliss-reactive ketones (excluding diaryl/α,β-unsaturated/α-hetero) is 1. The largest absolute Gasteiger partial charge is 0.292 e. The van der Waals surface area contributed by atoms with Gasteiger partial charge in [0.2, 0.25) is 10.0 Å². The summed E-state index contributed by atoms with van der Waals surface area (Å²) in [4.78, 5) is 13.1. The first kappa shape index (κ1) is 21.0. The van der Waals surface area contributed by atoms with Crippen molar-refractivity contribution >= 4 is 27.4 Å². The molecule has 158 valence electrons. The molecule has 0 amide bonds. The first-order valence-corrected chi connectivity index (χ1v) is 12.1. The normalized spacial score (nSPS) is 31.1. The number of carbonyl (C=O) groups excluding carboxylic acids is 1. The number of halogens is 2. The van der Waals surface area contributed by atoms with Crippen molar-refractivity contribution in [1.82, 2.24) is 4.72 Å². The first-order chi connectivity index (χ1) is 13.5. The summed E-state index contributed by atoms with van der Waals surface area (Å²) in [6.45, 7) is 7.23. The molecule has 4 nitrogen and oxygen atoms in total. The molecule has 0 aromatic heterocycles. The van der Waals surface area contributed by atoms with E-state index in [9.17, 15) is 17.6 Å². The molecule has 1 aromatic carbocycles. The van der Waals surface area contributed by atoms with E-state index in [4.69, 9.17) is 11.6 Å². The van der Waals surface area contributed by atoms with Crippen LogP contribution < -0.4 is 4.72 Å². The number of benzene rings is 1. The fraction of sp³-hybridized carbons (Fsp3) is 0.591. The summed E-state index contributed by atoms with van der Waals surface area (Å²) in [7, 11) is -4.11. The van der Waals surface area contributed by atoms with Gasteiger partial charge in [0.05, 0.1) is 10.6 Å². The third-order valence-electron chi connectivity index (χ3n) is 7.06. The van der Waals surface area contributed by atoms with E-state index in [-0.39, 0.29) is 21.6 Å². The van der Waals surface area contributed by atoms with Crippen LogP contribution in [-0.4, -0.2) is 19.7 Å². The first-order valence-electron chi connectivity index (χ1n) is 10.2. The highest BCUT2D eigenvalue weighted by Crippen LogP contribution is 2.58. The van der Waals surface area contributed by atoms with Crippen molar-refractivity contribution in [2.45, 2.75) is 56.4 Å². The number of nitrogens with one attached hydrogen (secondary N) is 1. The van der Waals surface area contributed by atoms with E-state index >= 15 is 0 Å². The third kappa shape index (κ3) is 3.79. The molecule has 0 aliphatic heterocycles. The van der Waals surface area contributed by atoms with Gasteiger partial charge in [-0.25, -0.2) is 12.8 Å². The quantitative estimate of drug-likeness (QED) is 0.651. The minimum atomic E-state index is -4.11. The Balaban J connectivity index is 1.54. The van der Waals surface area contributed by atoms with Gasteiger partial charge >= 0.3 is 0 Å². The van der Waals surface area contributed by atoms with Crippen LogP contribution in [0.5, 0.6) is 0 Å². The van der Waals surface area contributed by atoms with Gasteiger partial charge in [-0.1, -0.05) is 18.2 Å². The fourth-order valence-corrected chi connectivity index (χ4v) is 8.09. The number of hydrogen-bond donors (Lipinski definition) is 1. The van der Waals surface area contributed by atoms with Gasteiger partial charge in [-0.15, -0.1) is 0 Å². The summed E-state index contributed by atoms with van der Waals surface area (Å²) in [6, 6.07) is 3.08. The lowest BCUT2D eigenvalue weighted by molar-refractivity contribution is -0.122. The van der Waals surface area contributed by atoms with Crippen LogP contribution in [-0.2, 0) is 14.8 Å². The van der Waals surface area contributed by atoms with Gasteiger partial charge in [-0.2, -0.15) is 4.72 Å². The second kappa shape index (κ2) is 7.17. The molecule has 4 saturated carbocycles. The van der Waals surface area contributed by atoms with Crippen LogP contribution in [0.15, 0.2) is 35.2 Å². The fourth-order valence-electron chi connectivity index (χ4n) is 6.18. The molecule has 0 heterocycles. The Morgan fingerprint density at radius 2 is 1.69 bits per heavy atom. The van der Waals surface area contributed by atoms with Crippen molar-refractivity contribution in [2.75, 3.05) is 0 Å². The highest BCUT2D eigenvalue weighted by Gasteiger charge is 2.51. The molecule has 4 aliphatic rings. The van der Waals surface area contributed by atoms with E-state index in [0.29, 0.717) is 17.4 Å². The average Bonchev–Trinajstić information content (AvgIpc) is 2.58. The van der Waals surface area contributed by atoms with Crippen LogP contribution in [0.3, 0.4) is 0 Å². The van der Waals surface area contributed by atoms with Gasteiger partial charge in [-0.3, -0.25) is 4.79 Å². The molecule has 29 heavy (non-hydrogen) atoms. The third-order valence-corrected chi connectivity index (χ3v) is 9.20. The van der Waals surface area contributed by atoms with Crippen molar-refractivity contribution in [3.8, 4) is 0 Å². The lowest BCUT2D eigenvalue weighted by Gasteiger charge is -2.55. The maximum atomic E-state index is 13.3. The van der Waals surface area contributed by atoms with Gasteiger partial charge < -0.3 is 0 Å². The Morgan fingerprint density at radius 3 is 2.21 bits per heavy atom. The molecule has 1 aromatic rings. The molecular weight excluding hydrogens is 413 g/mol. The van der Waals surface area contributed by atoms with E-state index in [0.717, 1.165) is 55.7 Å². The lowest BCUT2D eigenvalue weighted by atomic mass is 9.50. The van der Waals surface area contributed by atoms with Crippen LogP contribution in [0, 0.1) is 35.4 Å². The average molecular weight is 440 g/mol. The molecule has 4 aliphatic carbocycles. The summed E-state index contributed by atoms with van der Waals surface area (Å²) in [5.74, 6) is 1.78. The van der Waals surface area contributed by atoms with Gasteiger partial charge in [0.15, 0.2) is 5.78 Å². The molecule has 7 heteroatoms. The van der Waals surface area contributed by atoms with E-state index in [1.165, 1.54) is 6.42 Å². The van der Waals surface area contributed by atoms with Gasteiger partial charge in [-0.05, 0) is 99.3 Å². The highest BCUT2D eigenvalue weighted by molar-refractivity contribution is 7.89. The van der Waals surface area contributed by atoms with Crippen molar-refractivity contribution < 1.29 is 17.6 Å². The Morgan fingerprint density at radius 1 is 1.14 bits per heavy atom. The summed E-state index contributed by atoms with van der Waals surface area (Å²) in [6.07, 6.45) is 5.94. The van der Waals surface area contributed by atoms with Crippen molar-refractivity contribution in [2.24, 2.45) is 29.6 Å². The Hall–Kier alpha value is -1.24. The Labute approximate surface area is 177 Å². The predicted molar refractivity (Wildman–Crippen MR) is 110 cm³/mol. The second-order valence-electron chi connectivity index (χ2n) is 9.62. The summed E-state index contributed by atoms with van der Waals surface area (Å²) >= 11 is 5.93. The van der Waals surface area contributed by atoms with E-state index in [1.807, 2.05) is 0 Å². The van der Waals surface area contributed by atoms with Gasteiger partial charge in [0.1, 0.15) is 10.7 Å². The molecule has 4 bridgehead atoms. The minimum absolute atomic E-state index is 0.147. The van der Waals surface area contributed by atoms with Crippen LogP contribution in [0.2, 0.25) is 5.02 Å². The lowest BCUT2D eigenvalue weighted by Crippen LogP contribution is -2.53. The summed E-state index contributed by atoms with van der Waals surface area (Å²) < 4.78 is 41.4. The zero-order chi connectivity index (χ0) is 21.1. The van der Waals surface area contributed by atoms with E-state index < -0.39 is 21.4 Å². The number of hydrogen-bond acceptors (Lipinski definition) is 3. The maximum Gasteiger partial charge on any atom is 0.242 e. The predicted octanol–water partition coefficient (Wildman–Crippen LogP) is 4.73. The van der Waals surface area contributed by atoms with Crippen LogP contribution in [0.4, 0.5) is 4.39 Å². The van der Waals surface area contributed by atoms with Crippen molar-refractivity contribution in [3.05, 3.63) is 41.2 Å². The van der Waals surface area contributed by atoms with E-state index in [1.54, 1.807) is 13.8 Å². The summed E-state index contributed by atoms with van der Waals surface area (Å²) in [5, 5.41) is -0.222. The molecular formula is C22H27ClFNO3S. The highest BCUT2D eigenvalue weighted by atomic mass is 35.5. The zero-order valence-electron chi connectivity index (χ0n) is 16.8. The monoisotopic (exact) mass is 439 g/mol. The number of carbonyl (C=O) groups is 1. The van der Waals surface area contributed by atoms with Crippen LogP contribution in [0.25, 0.3) is 0 Å². The molecule has 0 radical (unpaired) electrons. The van der Waals surface area contributed by atoms with Crippen molar-refractivity contribution in [1.29, 1.82) is 0 Å². The topological polar surface area (TPSA) is 63.2 Å². The molecule has 5 rings (SSSR count). The number of rotatable bonds is 6. The van der Waals surface area contributed by atoms with Crippen molar-refractivity contribution in [3.63, 3.8) is 0 Å². The molecule has 0 saturated heterocycles. The SMILES string of the molecule is C=C(C(=O)C(C)(C)NS(=O)(=O)c1ccc(F)cc1Cl)C1C2CC3CC(C2)CC1C3. The smallest absolute Gasteiger partial charge is 0.242 e. The molecule has 0 unspecified atom stereocenters. The maximum absolute atomic E-state index is 13.3. The van der Waals surface area contributed by atoms with Gasteiger partial charge in [0, 0.05) is 0 Å². The number of sulfonamides is 1. The summed E-state index contributed by atoms with van der Waals surface area (Å²) in [5.41, 5.74) is -0.834.